The topological polar surface area (TPSA) is 65.1 Å². The van der Waals surface area contributed by atoms with Gasteiger partial charge in [-0.1, -0.05) is 11.6 Å². The van der Waals surface area contributed by atoms with Crippen LogP contribution >= 0.6 is 11.6 Å². The van der Waals surface area contributed by atoms with Crippen molar-refractivity contribution in [1.29, 1.82) is 0 Å². The van der Waals surface area contributed by atoms with E-state index < -0.39 is 17.7 Å². The minimum atomic E-state index is -0.676. The SMILES string of the molecule is COC(=O)C1=C(C)N(c2ccc(F)c(Cl)c2)C(=O)/C1=C\c1cc(OC)ccc1OC. The monoisotopic (exact) mass is 431 g/mol. The van der Waals surface area contributed by atoms with E-state index in [1.165, 1.54) is 44.4 Å². The maximum atomic E-state index is 13.6. The molecule has 30 heavy (non-hydrogen) atoms. The van der Waals surface area contributed by atoms with Crippen LogP contribution in [0.2, 0.25) is 5.02 Å². The van der Waals surface area contributed by atoms with Crippen molar-refractivity contribution in [2.45, 2.75) is 6.92 Å². The number of halogens is 2. The molecule has 1 amide bonds. The van der Waals surface area contributed by atoms with E-state index in [0.717, 1.165) is 6.07 Å². The second-order valence-electron chi connectivity index (χ2n) is 6.36. The molecule has 0 aliphatic carbocycles. The molecule has 0 spiro atoms. The number of allylic oxidation sites excluding steroid dienone is 1. The highest BCUT2D eigenvalue weighted by atomic mass is 35.5. The van der Waals surface area contributed by atoms with Gasteiger partial charge in [0.25, 0.3) is 5.91 Å². The summed E-state index contributed by atoms with van der Waals surface area (Å²) in [5.41, 5.74) is 1.39. The fourth-order valence-electron chi connectivity index (χ4n) is 3.22. The molecule has 6 nitrogen and oxygen atoms in total. The van der Waals surface area contributed by atoms with Crippen LogP contribution in [0.25, 0.3) is 6.08 Å². The minimum Gasteiger partial charge on any atom is -0.497 e. The minimum absolute atomic E-state index is 0.0906. The third-order valence-electron chi connectivity index (χ3n) is 4.69. The Labute approximate surface area is 178 Å². The van der Waals surface area contributed by atoms with Crippen molar-refractivity contribution >= 4 is 35.2 Å². The molecule has 0 radical (unpaired) electrons. The zero-order valence-electron chi connectivity index (χ0n) is 16.8. The van der Waals surface area contributed by atoms with Crippen LogP contribution in [0.1, 0.15) is 12.5 Å². The number of anilines is 1. The van der Waals surface area contributed by atoms with Crippen molar-refractivity contribution < 1.29 is 28.2 Å². The quantitative estimate of drug-likeness (QED) is 0.519. The molecule has 0 saturated carbocycles. The van der Waals surface area contributed by atoms with Gasteiger partial charge in [0.15, 0.2) is 0 Å². The molecule has 0 atom stereocenters. The van der Waals surface area contributed by atoms with Crippen LogP contribution < -0.4 is 14.4 Å². The molecule has 1 heterocycles. The predicted octanol–water partition coefficient (Wildman–Crippen LogP) is 4.37. The van der Waals surface area contributed by atoms with Gasteiger partial charge in [0, 0.05) is 11.3 Å². The number of rotatable bonds is 5. The molecule has 2 aromatic carbocycles. The van der Waals surface area contributed by atoms with Crippen LogP contribution in [0, 0.1) is 5.82 Å². The van der Waals surface area contributed by atoms with E-state index in [9.17, 15) is 14.0 Å². The maximum Gasteiger partial charge on any atom is 0.340 e. The van der Waals surface area contributed by atoms with Crippen molar-refractivity contribution in [3.05, 3.63) is 69.6 Å². The molecule has 0 saturated heterocycles. The molecular formula is C22H19ClFNO5. The van der Waals surface area contributed by atoms with Gasteiger partial charge in [0.05, 0.1) is 43.2 Å². The Morgan fingerprint density at radius 2 is 1.83 bits per heavy atom. The van der Waals surface area contributed by atoms with Crippen LogP contribution in [0.5, 0.6) is 11.5 Å². The number of hydrogen-bond donors (Lipinski definition) is 0. The first-order valence-electron chi connectivity index (χ1n) is 8.85. The predicted molar refractivity (Wildman–Crippen MR) is 111 cm³/mol. The molecule has 0 aromatic heterocycles. The van der Waals surface area contributed by atoms with Crippen LogP contribution in [-0.4, -0.2) is 33.2 Å². The van der Waals surface area contributed by atoms with Gasteiger partial charge in [-0.2, -0.15) is 0 Å². The maximum absolute atomic E-state index is 13.6. The Morgan fingerprint density at radius 3 is 2.43 bits per heavy atom. The third kappa shape index (κ3) is 3.76. The zero-order valence-corrected chi connectivity index (χ0v) is 17.5. The summed E-state index contributed by atoms with van der Waals surface area (Å²) in [6, 6.07) is 8.97. The molecule has 1 aliphatic rings. The smallest absolute Gasteiger partial charge is 0.340 e. The Bertz CT molecular complexity index is 1090. The number of ether oxygens (including phenoxy) is 3. The average molecular weight is 432 g/mol. The van der Waals surface area contributed by atoms with Crippen LogP contribution in [0.15, 0.2) is 53.2 Å². The highest BCUT2D eigenvalue weighted by Gasteiger charge is 2.38. The summed E-state index contributed by atoms with van der Waals surface area (Å²) in [4.78, 5) is 27.1. The summed E-state index contributed by atoms with van der Waals surface area (Å²) in [7, 11) is 4.24. The van der Waals surface area contributed by atoms with E-state index in [2.05, 4.69) is 0 Å². The first-order chi connectivity index (χ1) is 14.3. The van der Waals surface area contributed by atoms with E-state index >= 15 is 0 Å². The van der Waals surface area contributed by atoms with E-state index in [1.54, 1.807) is 25.1 Å². The van der Waals surface area contributed by atoms with Gasteiger partial charge in [-0.15, -0.1) is 0 Å². The van der Waals surface area contributed by atoms with E-state index in [1.807, 2.05) is 0 Å². The normalized spacial score (nSPS) is 15.1. The molecule has 8 heteroatoms. The van der Waals surface area contributed by atoms with Crippen LogP contribution in [-0.2, 0) is 14.3 Å². The molecule has 1 aliphatic heterocycles. The largest absolute Gasteiger partial charge is 0.497 e. The standard InChI is InChI=1S/C22H19ClFNO5/c1-12-20(22(27)30-4)16(10-13-9-15(28-2)6-8-19(13)29-3)21(26)25(12)14-5-7-18(24)17(23)11-14/h5-11H,1-4H3/b16-10-. The summed E-state index contributed by atoms with van der Waals surface area (Å²) in [5, 5.41) is -0.139. The Morgan fingerprint density at radius 1 is 1.10 bits per heavy atom. The lowest BCUT2D eigenvalue weighted by atomic mass is 10.0. The lowest BCUT2D eigenvalue weighted by Gasteiger charge is -2.18. The molecule has 156 valence electrons. The van der Waals surface area contributed by atoms with Crippen molar-refractivity contribution in [3.8, 4) is 11.5 Å². The number of carbonyl (C=O) groups is 2. The summed E-state index contributed by atoms with van der Waals surface area (Å²) in [6.45, 7) is 1.60. The van der Waals surface area contributed by atoms with E-state index in [4.69, 9.17) is 25.8 Å². The Balaban J connectivity index is 2.19. The molecular weight excluding hydrogens is 413 g/mol. The Kier molecular flexibility index (Phi) is 6.12. The number of benzene rings is 2. The second kappa shape index (κ2) is 8.59. The fraction of sp³-hybridized carbons (Fsp3) is 0.182. The average Bonchev–Trinajstić information content (AvgIpc) is 2.99. The van der Waals surface area contributed by atoms with E-state index in [0.29, 0.717) is 28.4 Å². The summed E-state index contributed by atoms with van der Waals surface area (Å²) in [6.07, 6.45) is 1.53. The van der Waals surface area contributed by atoms with Gasteiger partial charge in [-0.05, 0) is 49.4 Å². The first kappa shape index (κ1) is 21.4. The van der Waals surface area contributed by atoms with Gasteiger partial charge < -0.3 is 14.2 Å². The lowest BCUT2D eigenvalue weighted by Crippen LogP contribution is -2.24. The second-order valence-corrected chi connectivity index (χ2v) is 6.76. The van der Waals surface area contributed by atoms with Gasteiger partial charge in [-0.25, -0.2) is 9.18 Å². The molecule has 0 unspecified atom stereocenters. The van der Waals surface area contributed by atoms with Crippen LogP contribution in [0.3, 0.4) is 0 Å². The van der Waals surface area contributed by atoms with Gasteiger partial charge in [-0.3, -0.25) is 9.69 Å². The molecule has 0 bridgehead atoms. The van der Waals surface area contributed by atoms with E-state index in [-0.39, 0.29) is 16.2 Å². The number of esters is 1. The zero-order chi connectivity index (χ0) is 22.0. The van der Waals surface area contributed by atoms with Crippen molar-refractivity contribution in [2.75, 3.05) is 26.2 Å². The van der Waals surface area contributed by atoms with Crippen molar-refractivity contribution in [2.24, 2.45) is 0 Å². The third-order valence-corrected chi connectivity index (χ3v) is 4.98. The number of amides is 1. The van der Waals surface area contributed by atoms with Gasteiger partial charge >= 0.3 is 5.97 Å². The molecule has 0 N–H and O–H groups in total. The molecule has 2 aromatic rings. The number of methoxy groups -OCH3 is 3. The number of carbonyl (C=O) groups excluding carboxylic acids is 2. The summed E-state index contributed by atoms with van der Waals surface area (Å²) < 4.78 is 29.1. The fourth-order valence-corrected chi connectivity index (χ4v) is 3.40. The molecule has 3 rings (SSSR count). The van der Waals surface area contributed by atoms with Crippen molar-refractivity contribution in [1.82, 2.24) is 0 Å². The lowest BCUT2D eigenvalue weighted by molar-refractivity contribution is -0.136. The first-order valence-corrected chi connectivity index (χ1v) is 9.23. The van der Waals surface area contributed by atoms with Gasteiger partial charge in [0.1, 0.15) is 17.3 Å². The summed E-state index contributed by atoms with van der Waals surface area (Å²) >= 11 is 5.89. The summed E-state index contributed by atoms with van der Waals surface area (Å²) in [5.74, 6) is -0.735. The molecule has 0 fully saturated rings. The van der Waals surface area contributed by atoms with Crippen molar-refractivity contribution in [3.63, 3.8) is 0 Å². The highest BCUT2D eigenvalue weighted by molar-refractivity contribution is 6.31. The number of nitrogens with zero attached hydrogens (tertiary/aromatic N) is 1. The number of hydrogen-bond acceptors (Lipinski definition) is 5. The van der Waals surface area contributed by atoms with Gasteiger partial charge in [0.2, 0.25) is 0 Å². The highest BCUT2D eigenvalue weighted by Crippen LogP contribution is 2.38. The Hall–Kier alpha value is -3.32. The van der Waals surface area contributed by atoms with Crippen LogP contribution in [0.4, 0.5) is 10.1 Å².